The van der Waals surface area contributed by atoms with Crippen molar-refractivity contribution in [1.29, 1.82) is 0 Å². The summed E-state index contributed by atoms with van der Waals surface area (Å²) in [6.07, 6.45) is 11.2. The summed E-state index contributed by atoms with van der Waals surface area (Å²) < 4.78 is 4.24. The summed E-state index contributed by atoms with van der Waals surface area (Å²) in [7, 11) is 0. The van der Waals surface area contributed by atoms with Crippen LogP contribution in [0.2, 0.25) is 0 Å². The van der Waals surface area contributed by atoms with Crippen molar-refractivity contribution in [3.05, 3.63) is 78.4 Å². The third-order valence-corrected chi connectivity index (χ3v) is 5.92. The van der Waals surface area contributed by atoms with Crippen molar-refractivity contribution in [1.82, 2.24) is 24.5 Å². The van der Waals surface area contributed by atoms with Crippen molar-refractivity contribution in [2.75, 3.05) is 6.54 Å². The Balaban J connectivity index is 1.43. The quantitative estimate of drug-likeness (QED) is 0.526. The number of aromatic nitrogens is 4. The molecule has 6 nitrogen and oxygen atoms in total. The third kappa shape index (κ3) is 3.49. The number of amides is 1. The third-order valence-electron chi connectivity index (χ3n) is 5.92. The van der Waals surface area contributed by atoms with Gasteiger partial charge in [-0.25, -0.2) is 0 Å². The molecule has 1 aliphatic carbocycles. The summed E-state index contributed by atoms with van der Waals surface area (Å²) in [6, 6.07) is 16.3. The zero-order chi connectivity index (χ0) is 20.3. The van der Waals surface area contributed by atoms with Gasteiger partial charge >= 0.3 is 0 Å². The van der Waals surface area contributed by atoms with Gasteiger partial charge in [0, 0.05) is 37.3 Å². The topological polar surface area (TPSA) is 64.2 Å². The number of hydrogen-bond donors (Lipinski definition) is 1. The number of carbonyl (C=O) groups excluding carboxylic acids is 1. The first-order chi connectivity index (χ1) is 14.8. The standard InChI is InChI=1S/C24H25N5O/c30-24(26-14-11-18-7-3-5-13-25-18)20-17-23(28-16-6-4-10-21(20)28)22-12-15-27-29(22)19-8-1-2-9-19/h3-7,10,12-13,15-17,19H,1-2,8-9,11,14H2,(H,26,30). The molecule has 1 saturated carbocycles. The maximum absolute atomic E-state index is 13.0. The van der Waals surface area contributed by atoms with E-state index in [1.165, 1.54) is 25.7 Å². The van der Waals surface area contributed by atoms with Gasteiger partial charge in [-0.2, -0.15) is 5.10 Å². The molecule has 0 bridgehead atoms. The highest BCUT2D eigenvalue weighted by Crippen LogP contribution is 2.34. The second-order valence-electron chi connectivity index (χ2n) is 7.83. The summed E-state index contributed by atoms with van der Waals surface area (Å²) in [6.45, 7) is 0.551. The number of rotatable bonds is 6. The minimum atomic E-state index is -0.0622. The number of pyridine rings is 2. The summed E-state index contributed by atoms with van der Waals surface area (Å²) in [5, 5.41) is 7.67. The van der Waals surface area contributed by atoms with Crippen molar-refractivity contribution in [2.24, 2.45) is 0 Å². The molecule has 5 rings (SSSR count). The molecule has 4 heterocycles. The van der Waals surface area contributed by atoms with Crippen LogP contribution in [0, 0.1) is 0 Å². The van der Waals surface area contributed by atoms with E-state index in [1.54, 1.807) is 6.20 Å². The summed E-state index contributed by atoms with van der Waals surface area (Å²) >= 11 is 0. The van der Waals surface area contributed by atoms with Crippen LogP contribution in [0.25, 0.3) is 16.9 Å². The smallest absolute Gasteiger partial charge is 0.253 e. The highest BCUT2D eigenvalue weighted by molar-refractivity contribution is 6.02. The number of carbonyl (C=O) groups is 1. The summed E-state index contributed by atoms with van der Waals surface area (Å²) in [5.41, 5.74) is 4.63. The molecule has 0 aliphatic heterocycles. The van der Waals surface area contributed by atoms with Crippen molar-refractivity contribution in [3.8, 4) is 11.4 Å². The van der Waals surface area contributed by atoms with E-state index >= 15 is 0 Å². The Labute approximate surface area is 175 Å². The number of fused-ring (bicyclic) bond motifs is 1. The van der Waals surface area contributed by atoms with Crippen molar-refractivity contribution in [3.63, 3.8) is 0 Å². The molecule has 1 N–H and O–H groups in total. The zero-order valence-corrected chi connectivity index (χ0v) is 16.9. The van der Waals surface area contributed by atoms with Crippen LogP contribution in [-0.4, -0.2) is 31.6 Å². The predicted molar refractivity (Wildman–Crippen MR) is 116 cm³/mol. The molecule has 0 atom stereocenters. The Bertz CT molecular complexity index is 1150. The van der Waals surface area contributed by atoms with E-state index in [2.05, 4.69) is 30.5 Å². The van der Waals surface area contributed by atoms with Gasteiger partial charge < -0.3 is 9.72 Å². The number of nitrogens with zero attached hydrogens (tertiary/aromatic N) is 4. The van der Waals surface area contributed by atoms with Gasteiger partial charge in [0.15, 0.2) is 0 Å². The van der Waals surface area contributed by atoms with Crippen LogP contribution in [0.4, 0.5) is 0 Å². The lowest BCUT2D eigenvalue weighted by Crippen LogP contribution is -2.25. The lowest BCUT2D eigenvalue weighted by atomic mass is 10.2. The molecular formula is C24H25N5O. The van der Waals surface area contributed by atoms with Crippen LogP contribution in [0.5, 0.6) is 0 Å². The van der Waals surface area contributed by atoms with Gasteiger partial charge in [0.25, 0.3) is 5.91 Å². The molecule has 0 unspecified atom stereocenters. The minimum absolute atomic E-state index is 0.0622. The lowest BCUT2D eigenvalue weighted by Gasteiger charge is -2.14. The summed E-state index contributed by atoms with van der Waals surface area (Å²) in [5.74, 6) is -0.0622. The van der Waals surface area contributed by atoms with E-state index in [4.69, 9.17) is 0 Å². The van der Waals surface area contributed by atoms with Crippen LogP contribution in [0.3, 0.4) is 0 Å². The van der Waals surface area contributed by atoms with E-state index in [0.29, 0.717) is 24.6 Å². The molecule has 0 spiro atoms. The average Bonchev–Trinajstić information content (AvgIpc) is 3.53. The first kappa shape index (κ1) is 18.6. The number of hydrogen-bond acceptors (Lipinski definition) is 3. The van der Waals surface area contributed by atoms with Crippen molar-refractivity contribution in [2.45, 2.75) is 38.1 Å². The SMILES string of the molecule is O=C(NCCc1ccccn1)c1cc(-c2ccnn2C2CCCC2)n2ccccc12. The van der Waals surface area contributed by atoms with Gasteiger partial charge in [-0.05, 0) is 49.2 Å². The average molecular weight is 399 g/mol. The normalized spacial score (nSPS) is 14.4. The van der Waals surface area contributed by atoms with Crippen LogP contribution in [-0.2, 0) is 6.42 Å². The van der Waals surface area contributed by atoms with Crippen molar-refractivity contribution < 1.29 is 4.79 Å². The number of nitrogens with one attached hydrogen (secondary N) is 1. The molecular weight excluding hydrogens is 374 g/mol. The van der Waals surface area contributed by atoms with E-state index < -0.39 is 0 Å². The molecule has 0 radical (unpaired) electrons. The Morgan fingerprint density at radius 3 is 2.73 bits per heavy atom. The molecule has 0 aromatic carbocycles. The van der Waals surface area contributed by atoms with Gasteiger partial charge in [-0.3, -0.25) is 14.5 Å². The van der Waals surface area contributed by atoms with E-state index in [-0.39, 0.29) is 5.91 Å². The lowest BCUT2D eigenvalue weighted by molar-refractivity contribution is 0.0956. The molecule has 30 heavy (non-hydrogen) atoms. The minimum Gasteiger partial charge on any atom is -0.352 e. The monoisotopic (exact) mass is 399 g/mol. The molecule has 0 saturated heterocycles. The second kappa shape index (κ2) is 8.14. The van der Waals surface area contributed by atoms with Gasteiger partial charge in [0.2, 0.25) is 0 Å². The first-order valence-corrected chi connectivity index (χ1v) is 10.6. The van der Waals surface area contributed by atoms with E-state index in [0.717, 1.165) is 22.6 Å². The largest absolute Gasteiger partial charge is 0.352 e. The van der Waals surface area contributed by atoms with Crippen LogP contribution < -0.4 is 5.32 Å². The Morgan fingerprint density at radius 2 is 1.90 bits per heavy atom. The fourth-order valence-corrected chi connectivity index (χ4v) is 4.43. The molecule has 1 aliphatic rings. The maximum Gasteiger partial charge on any atom is 0.253 e. The fraction of sp³-hybridized carbons (Fsp3) is 0.292. The molecule has 6 heteroatoms. The molecule has 152 valence electrons. The predicted octanol–water partition coefficient (Wildman–Crippen LogP) is 4.29. The van der Waals surface area contributed by atoms with Crippen LogP contribution >= 0.6 is 0 Å². The van der Waals surface area contributed by atoms with Gasteiger partial charge in [-0.1, -0.05) is 25.0 Å². The van der Waals surface area contributed by atoms with Crippen LogP contribution in [0.15, 0.2) is 67.1 Å². The highest BCUT2D eigenvalue weighted by atomic mass is 16.1. The second-order valence-corrected chi connectivity index (χ2v) is 7.83. The first-order valence-electron chi connectivity index (χ1n) is 10.6. The zero-order valence-electron chi connectivity index (χ0n) is 16.9. The Kier molecular flexibility index (Phi) is 5.05. The molecule has 1 fully saturated rings. The molecule has 4 aromatic rings. The van der Waals surface area contributed by atoms with E-state index in [1.807, 2.05) is 54.9 Å². The summed E-state index contributed by atoms with van der Waals surface area (Å²) in [4.78, 5) is 17.3. The fourth-order valence-electron chi connectivity index (χ4n) is 4.43. The Morgan fingerprint density at radius 1 is 1.03 bits per heavy atom. The van der Waals surface area contributed by atoms with Gasteiger partial charge in [-0.15, -0.1) is 0 Å². The molecule has 4 aromatic heterocycles. The highest BCUT2D eigenvalue weighted by Gasteiger charge is 2.23. The van der Waals surface area contributed by atoms with E-state index in [9.17, 15) is 4.79 Å². The van der Waals surface area contributed by atoms with Crippen LogP contribution in [0.1, 0.15) is 47.8 Å². The maximum atomic E-state index is 13.0. The molecule has 1 amide bonds. The Hall–Kier alpha value is -3.41. The van der Waals surface area contributed by atoms with Crippen molar-refractivity contribution >= 4 is 11.4 Å². The van der Waals surface area contributed by atoms with Gasteiger partial charge in [0.1, 0.15) is 0 Å². The van der Waals surface area contributed by atoms with Gasteiger partial charge in [0.05, 0.1) is 28.5 Å².